The Morgan fingerprint density at radius 1 is 1.09 bits per heavy atom. The van der Waals surface area contributed by atoms with Crippen LogP contribution >= 0.6 is 0 Å². The van der Waals surface area contributed by atoms with Gasteiger partial charge in [0.15, 0.2) is 10.1 Å². The maximum Gasteiger partial charge on any atom is 0.396 e. The standard InChI is InChI=1S/C12H20F4O5S/c1-2-3-4-5-6-7-10(17)21-9-8-11(13,14)12(15,16)22(18,19)20/h2-9H2,1H3,(H,18,19,20)/p-1. The van der Waals surface area contributed by atoms with E-state index in [-0.39, 0.29) is 6.42 Å². The molecule has 0 bridgehead atoms. The summed E-state index contributed by atoms with van der Waals surface area (Å²) >= 11 is 0. The molecule has 0 radical (unpaired) electrons. The van der Waals surface area contributed by atoms with Gasteiger partial charge in [-0.15, -0.1) is 0 Å². The van der Waals surface area contributed by atoms with E-state index in [2.05, 4.69) is 4.74 Å². The lowest BCUT2D eigenvalue weighted by Gasteiger charge is -2.28. The van der Waals surface area contributed by atoms with E-state index in [9.17, 15) is 35.3 Å². The number of rotatable bonds is 11. The monoisotopic (exact) mass is 351 g/mol. The van der Waals surface area contributed by atoms with Crippen molar-refractivity contribution in [3.05, 3.63) is 0 Å². The number of halogens is 4. The summed E-state index contributed by atoms with van der Waals surface area (Å²) in [5.74, 6) is -5.93. The third-order valence-corrected chi connectivity index (χ3v) is 3.83. The van der Waals surface area contributed by atoms with E-state index in [4.69, 9.17) is 0 Å². The Kier molecular flexibility index (Phi) is 8.30. The van der Waals surface area contributed by atoms with Crippen molar-refractivity contribution >= 4 is 16.1 Å². The molecule has 0 aromatic heterocycles. The zero-order chi connectivity index (χ0) is 17.4. The fraction of sp³-hybridized carbons (Fsp3) is 0.917. The van der Waals surface area contributed by atoms with E-state index in [1.54, 1.807) is 0 Å². The lowest BCUT2D eigenvalue weighted by atomic mass is 10.1. The highest BCUT2D eigenvalue weighted by Crippen LogP contribution is 2.40. The van der Waals surface area contributed by atoms with Crippen LogP contribution in [0, 0.1) is 0 Å². The molecule has 5 nitrogen and oxygen atoms in total. The van der Waals surface area contributed by atoms with Crippen LogP contribution in [0.3, 0.4) is 0 Å². The third kappa shape index (κ3) is 6.47. The van der Waals surface area contributed by atoms with Gasteiger partial charge in [-0.05, 0) is 6.42 Å². The second kappa shape index (κ2) is 8.66. The minimum absolute atomic E-state index is 0.0362. The van der Waals surface area contributed by atoms with E-state index in [1.165, 1.54) is 0 Å². The van der Waals surface area contributed by atoms with Gasteiger partial charge in [-0.2, -0.15) is 17.6 Å². The third-order valence-electron chi connectivity index (χ3n) is 2.90. The molecule has 0 aliphatic carbocycles. The molecule has 0 fully saturated rings. The first-order chi connectivity index (χ1) is 9.95. The van der Waals surface area contributed by atoms with Crippen LogP contribution in [-0.4, -0.2) is 36.7 Å². The molecule has 132 valence electrons. The van der Waals surface area contributed by atoms with Gasteiger partial charge in [-0.1, -0.05) is 32.6 Å². The quantitative estimate of drug-likeness (QED) is 0.247. The van der Waals surface area contributed by atoms with Crippen molar-refractivity contribution in [2.24, 2.45) is 0 Å². The molecule has 22 heavy (non-hydrogen) atoms. The number of ether oxygens (including phenoxy) is 1. The summed E-state index contributed by atoms with van der Waals surface area (Å²) in [6.07, 6.45) is 2.38. The summed E-state index contributed by atoms with van der Waals surface area (Å²) in [4.78, 5) is 11.2. The molecule has 0 atom stereocenters. The molecule has 10 heteroatoms. The van der Waals surface area contributed by atoms with Crippen molar-refractivity contribution in [1.82, 2.24) is 0 Å². The molecule has 0 aromatic rings. The van der Waals surface area contributed by atoms with Gasteiger partial charge >= 0.3 is 17.1 Å². The number of hydrogen-bond donors (Lipinski definition) is 0. The normalized spacial score (nSPS) is 13.2. The molecule has 0 N–H and O–H groups in total. The van der Waals surface area contributed by atoms with E-state index < -0.39 is 40.3 Å². The summed E-state index contributed by atoms with van der Waals surface area (Å²) < 4.78 is 86.3. The second-order valence-corrected chi connectivity index (χ2v) is 6.23. The zero-order valence-electron chi connectivity index (χ0n) is 12.1. The molecule has 0 heterocycles. The molecule has 0 spiro atoms. The van der Waals surface area contributed by atoms with Gasteiger partial charge in [0.1, 0.15) is 0 Å². The van der Waals surface area contributed by atoms with Crippen LogP contribution in [0.25, 0.3) is 0 Å². The summed E-state index contributed by atoms with van der Waals surface area (Å²) in [6.45, 7) is 0.915. The lowest BCUT2D eigenvalue weighted by molar-refractivity contribution is -0.174. The molecule has 0 amide bonds. The van der Waals surface area contributed by atoms with Crippen molar-refractivity contribution in [2.45, 2.75) is 63.0 Å². The first-order valence-corrected chi connectivity index (χ1v) is 8.23. The number of esters is 1. The highest BCUT2D eigenvalue weighted by atomic mass is 32.2. The molecular formula is C12H19F4O5S-. The molecule has 0 rings (SSSR count). The minimum Gasteiger partial charge on any atom is -0.743 e. The van der Waals surface area contributed by atoms with Crippen LogP contribution in [0.15, 0.2) is 0 Å². The highest BCUT2D eigenvalue weighted by molar-refractivity contribution is 7.86. The molecule has 0 unspecified atom stereocenters. The summed E-state index contributed by atoms with van der Waals surface area (Å²) in [5.41, 5.74) is 0. The maximum absolute atomic E-state index is 13.0. The van der Waals surface area contributed by atoms with Crippen LogP contribution in [0.2, 0.25) is 0 Å². The van der Waals surface area contributed by atoms with Gasteiger partial charge in [0.2, 0.25) is 0 Å². The lowest BCUT2D eigenvalue weighted by Crippen LogP contribution is -2.47. The number of unbranched alkanes of at least 4 members (excludes halogenated alkanes) is 4. The fourth-order valence-corrected chi connectivity index (χ4v) is 2.03. The topological polar surface area (TPSA) is 83.5 Å². The Hall–Kier alpha value is -0.900. The summed E-state index contributed by atoms with van der Waals surface area (Å²) in [7, 11) is -6.51. The number of alkyl halides is 4. The second-order valence-electron chi connectivity index (χ2n) is 4.81. The first-order valence-electron chi connectivity index (χ1n) is 6.82. The van der Waals surface area contributed by atoms with E-state index in [1.807, 2.05) is 6.92 Å². The van der Waals surface area contributed by atoms with Gasteiger partial charge in [-0.25, -0.2) is 8.42 Å². The average Bonchev–Trinajstić information content (AvgIpc) is 2.36. The minimum atomic E-state index is -6.51. The van der Waals surface area contributed by atoms with E-state index in [0.29, 0.717) is 6.42 Å². The van der Waals surface area contributed by atoms with Crippen LogP contribution in [0.5, 0.6) is 0 Å². The van der Waals surface area contributed by atoms with Crippen molar-refractivity contribution in [2.75, 3.05) is 6.61 Å². The maximum atomic E-state index is 13.0. The van der Waals surface area contributed by atoms with Gasteiger partial charge in [0, 0.05) is 6.42 Å². The number of hydrogen-bond acceptors (Lipinski definition) is 5. The molecule has 0 aliphatic heterocycles. The average molecular weight is 351 g/mol. The predicted octanol–water partition coefficient (Wildman–Crippen LogP) is 3.05. The molecular weight excluding hydrogens is 332 g/mol. The van der Waals surface area contributed by atoms with Crippen LogP contribution in [0.4, 0.5) is 17.6 Å². The predicted molar refractivity (Wildman–Crippen MR) is 68.5 cm³/mol. The van der Waals surface area contributed by atoms with E-state index in [0.717, 1.165) is 25.7 Å². The van der Waals surface area contributed by atoms with Crippen molar-refractivity contribution in [3.8, 4) is 0 Å². The molecule has 0 saturated heterocycles. The van der Waals surface area contributed by atoms with Gasteiger partial charge in [-0.3, -0.25) is 4.79 Å². The molecule has 0 saturated carbocycles. The molecule has 0 aromatic carbocycles. The van der Waals surface area contributed by atoms with Gasteiger partial charge in [0.25, 0.3) is 0 Å². The van der Waals surface area contributed by atoms with Gasteiger partial charge in [0.05, 0.1) is 13.0 Å². The van der Waals surface area contributed by atoms with Crippen molar-refractivity contribution in [1.29, 1.82) is 0 Å². The van der Waals surface area contributed by atoms with Gasteiger partial charge < -0.3 is 9.29 Å². The Morgan fingerprint density at radius 2 is 1.64 bits per heavy atom. The van der Waals surface area contributed by atoms with Crippen LogP contribution < -0.4 is 0 Å². The summed E-state index contributed by atoms with van der Waals surface area (Å²) in [5, 5.41) is -5.74. The zero-order valence-corrected chi connectivity index (χ0v) is 12.9. The smallest absolute Gasteiger partial charge is 0.396 e. The fourth-order valence-electron chi connectivity index (χ4n) is 1.57. The first kappa shape index (κ1) is 21.1. The highest BCUT2D eigenvalue weighted by Gasteiger charge is 2.61. The van der Waals surface area contributed by atoms with Crippen LogP contribution in [-0.2, 0) is 19.6 Å². The summed E-state index contributed by atoms with van der Waals surface area (Å²) in [6, 6.07) is 0. The number of carbonyl (C=O) groups is 1. The Balaban J connectivity index is 4.16. The van der Waals surface area contributed by atoms with E-state index >= 15 is 0 Å². The largest absolute Gasteiger partial charge is 0.743 e. The Labute approximate surface area is 126 Å². The Morgan fingerprint density at radius 3 is 2.14 bits per heavy atom. The van der Waals surface area contributed by atoms with Crippen LogP contribution in [0.1, 0.15) is 51.9 Å². The Bertz CT molecular complexity index is 450. The SMILES string of the molecule is CCCCCCCC(=O)OCCC(F)(F)C(F)(F)S(=O)(=O)[O-]. The molecule has 0 aliphatic rings. The number of carbonyl (C=O) groups excluding carboxylic acids is 1. The van der Waals surface area contributed by atoms with Crippen molar-refractivity contribution in [3.63, 3.8) is 0 Å². The van der Waals surface area contributed by atoms with Crippen molar-refractivity contribution < 1.29 is 40.1 Å².